The predicted octanol–water partition coefficient (Wildman–Crippen LogP) is 6.46. The van der Waals surface area contributed by atoms with Gasteiger partial charge in [-0.3, -0.25) is 9.59 Å². The minimum absolute atomic E-state index is 0.378. The molecule has 0 heterocycles. The van der Waals surface area contributed by atoms with E-state index in [1.54, 1.807) is 36.4 Å². The van der Waals surface area contributed by atoms with Crippen LogP contribution in [0.15, 0.2) is 78.9 Å². The Morgan fingerprint density at radius 3 is 1.70 bits per heavy atom. The highest BCUT2D eigenvalue weighted by molar-refractivity contribution is 6.30. The van der Waals surface area contributed by atoms with Gasteiger partial charge in [0.15, 0.2) is 0 Å². The van der Waals surface area contributed by atoms with Gasteiger partial charge in [0.05, 0.1) is 5.54 Å². The van der Waals surface area contributed by atoms with E-state index in [0.717, 1.165) is 15.7 Å². The van der Waals surface area contributed by atoms with E-state index < -0.39 is 17.4 Å². The highest BCUT2D eigenvalue weighted by Gasteiger charge is 2.35. The Bertz CT molecular complexity index is 1030. The molecule has 3 aromatic carbocycles. The molecule has 3 aromatic rings. The smallest absolute Gasteiger partial charge is 0.267 e. The first-order chi connectivity index (χ1) is 14.2. The third kappa shape index (κ3) is 4.84. The van der Waals surface area contributed by atoms with Crippen LogP contribution in [0, 0.1) is 0 Å². The van der Waals surface area contributed by atoms with Gasteiger partial charge in [-0.25, -0.2) is 5.01 Å². The number of hydrazine groups is 1. The minimum Gasteiger partial charge on any atom is -0.267 e. The van der Waals surface area contributed by atoms with Crippen LogP contribution in [0.2, 0.25) is 5.02 Å². The molecule has 0 saturated heterocycles. The van der Waals surface area contributed by atoms with Crippen molar-refractivity contribution in [3.63, 3.8) is 0 Å². The van der Waals surface area contributed by atoms with Gasteiger partial charge in [0.2, 0.25) is 0 Å². The maximum atomic E-state index is 13.1. The Morgan fingerprint density at radius 2 is 1.17 bits per heavy atom. The molecule has 0 N–H and O–H groups in total. The largest absolute Gasteiger partial charge is 0.287 e. The van der Waals surface area contributed by atoms with Crippen molar-refractivity contribution in [1.82, 2.24) is 9.54 Å². The number of benzene rings is 3. The quantitative estimate of drug-likeness (QED) is 0.346. The lowest BCUT2D eigenvalue weighted by Crippen LogP contribution is -2.54. The molecule has 2 amide bonds. The van der Waals surface area contributed by atoms with Crippen molar-refractivity contribution < 1.29 is 9.59 Å². The fraction of sp³-hybridized carbons (Fsp3) is 0.167. The summed E-state index contributed by atoms with van der Waals surface area (Å²) < 4.78 is 0.856. The number of amides is 2. The molecule has 0 saturated carbocycles. The van der Waals surface area contributed by atoms with Crippen LogP contribution in [-0.4, -0.2) is 26.9 Å². The standard InChI is InChI=1S/C24H22Cl2N2O2/c1-24(2,3)27(22(29)19-13-15-21(25)16-14-19)28(26)23(30)20-11-9-18(10-12-20)17-7-5-4-6-8-17/h4-16H,1-3H3. The monoisotopic (exact) mass is 440 g/mol. The van der Waals surface area contributed by atoms with Crippen LogP contribution in [0.1, 0.15) is 41.5 Å². The normalized spacial score (nSPS) is 11.1. The molecule has 0 aliphatic heterocycles. The lowest BCUT2D eigenvalue weighted by atomic mass is 10.0. The highest BCUT2D eigenvalue weighted by atomic mass is 35.5. The molecule has 0 aliphatic rings. The maximum absolute atomic E-state index is 13.1. The van der Waals surface area contributed by atoms with Gasteiger partial charge < -0.3 is 0 Å². The summed E-state index contributed by atoms with van der Waals surface area (Å²) in [6, 6.07) is 23.4. The summed E-state index contributed by atoms with van der Waals surface area (Å²) in [4.78, 5) is 26.2. The van der Waals surface area contributed by atoms with Crippen molar-refractivity contribution in [2.45, 2.75) is 26.3 Å². The Hall–Kier alpha value is -2.82. The molecular formula is C24H22Cl2N2O2. The van der Waals surface area contributed by atoms with Gasteiger partial charge in [-0.2, -0.15) is 4.53 Å². The van der Waals surface area contributed by atoms with E-state index in [2.05, 4.69) is 0 Å². The van der Waals surface area contributed by atoms with Crippen molar-refractivity contribution in [2.24, 2.45) is 0 Å². The molecule has 154 valence electrons. The lowest BCUT2D eigenvalue weighted by Gasteiger charge is -2.39. The van der Waals surface area contributed by atoms with Crippen LogP contribution < -0.4 is 0 Å². The summed E-state index contributed by atoms with van der Waals surface area (Å²) in [5.74, 6) is -0.892. The van der Waals surface area contributed by atoms with Gasteiger partial charge in [-0.05, 0) is 68.3 Å². The van der Waals surface area contributed by atoms with E-state index >= 15 is 0 Å². The molecule has 30 heavy (non-hydrogen) atoms. The van der Waals surface area contributed by atoms with Gasteiger partial charge in [0.25, 0.3) is 11.8 Å². The minimum atomic E-state index is -0.738. The summed E-state index contributed by atoms with van der Waals surface area (Å²) >= 11 is 12.3. The van der Waals surface area contributed by atoms with Crippen LogP contribution in [0.25, 0.3) is 11.1 Å². The molecule has 0 fully saturated rings. The van der Waals surface area contributed by atoms with Crippen molar-refractivity contribution in [1.29, 1.82) is 0 Å². The summed E-state index contributed by atoms with van der Waals surface area (Å²) in [5.41, 5.74) is 2.06. The van der Waals surface area contributed by atoms with Gasteiger partial charge in [0, 0.05) is 27.9 Å². The maximum Gasteiger partial charge on any atom is 0.287 e. The average Bonchev–Trinajstić information content (AvgIpc) is 2.73. The topological polar surface area (TPSA) is 40.6 Å². The van der Waals surface area contributed by atoms with Crippen molar-refractivity contribution >= 4 is 35.2 Å². The second kappa shape index (κ2) is 8.90. The number of halogens is 2. The zero-order valence-corrected chi connectivity index (χ0v) is 18.5. The van der Waals surface area contributed by atoms with E-state index in [4.69, 9.17) is 23.4 Å². The van der Waals surface area contributed by atoms with Crippen LogP contribution >= 0.6 is 23.4 Å². The van der Waals surface area contributed by atoms with E-state index in [1.165, 1.54) is 5.01 Å². The van der Waals surface area contributed by atoms with Crippen molar-refractivity contribution in [3.8, 4) is 11.1 Å². The molecule has 0 aromatic heterocycles. The Labute approximate surface area is 186 Å². The van der Waals surface area contributed by atoms with Crippen molar-refractivity contribution in [3.05, 3.63) is 95.0 Å². The lowest BCUT2D eigenvalue weighted by molar-refractivity contribution is -0.00370. The third-order valence-corrected chi connectivity index (χ3v) is 5.06. The highest BCUT2D eigenvalue weighted by Crippen LogP contribution is 2.26. The summed E-state index contributed by atoms with van der Waals surface area (Å²) in [7, 11) is 0. The van der Waals surface area contributed by atoms with Gasteiger partial charge in [-0.15, -0.1) is 0 Å². The SMILES string of the molecule is CC(C)(C)N(C(=O)c1ccc(Cl)cc1)N(Cl)C(=O)c1ccc(-c2ccccc2)cc1. The average molecular weight is 441 g/mol. The summed E-state index contributed by atoms with van der Waals surface area (Å²) in [6.45, 7) is 5.42. The molecule has 3 rings (SSSR count). The Morgan fingerprint density at radius 1 is 0.700 bits per heavy atom. The second-order valence-electron chi connectivity index (χ2n) is 7.80. The number of carbonyl (C=O) groups excluding carboxylic acids is 2. The molecule has 0 radical (unpaired) electrons. The van der Waals surface area contributed by atoms with Crippen LogP contribution in [0.3, 0.4) is 0 Å². The number of hydrogen-bond acceptors (Lipinski definition) is 2. The van der Waals surface area contributed by atoms with Gasteiger partial charge in [0.1, 0.15) is 0 Å². The second-order valence-corrected chi connectivity index (χ2v) is 8.56. The molecule has 0 atom stereocenters. The van der Waals surface area contributed by atoms with Gasteiger partial charge >= 0.3 is 0 Å². The van der Waals surface area contributed by atoms with E-state index in [1.807, 2.05) is 63.2 Å². The first-order valence-corrected chi connectivity index (χ1v) is 10.2. The molecule has 0 aliphatic carbocycles. The summed E-state index contributed by atoms with van der Waals surface area (Å²) in [5, 5.41) is 1.76. The van der Waals surface area contributed by atoms with E-state index in [0.29, 0.717) is 16.1 Å². The third-order valence-electron chi connectivity index (χ3n) is 4.50. The fourth-order valence-corrected chi connectivity index (χ4v) is 3.51. The Kier molecular flexibility index (Phi) is 6.49. The number of rotatable bonds is 3. The van der Waals surface area contributed by atoms with Crippen LogP contribution in [0.4, 0.5) is 0 Å². The molecule has 0 bridgehead atoms. The first kappa shape index (κ1) is 21.9. The summed E-state index contributed by atoms with van der Waals surface area (Å²) in [6.07, 6.45) is 0. The molecule has 0 unspecified atom stereocenters. The molecular weight excluding hydrogens is 419 g/mol. The first-order valence-electron chi connectivity index (χ1n) is 9.44. The van der Waals surface area contributed by atoms with Crippen molar-refractivity contribution in [2.75, 3.05) is 0 Å². The Balaban J connectivity index is 1.87. The van der Waals surface area contributed by atoms with Gasteiger partial charge in [-0.1, -0.05) is 54.1 Å². The van der Waals surface area contributed by atoms with Crippen LogP contribution in [0.5, 0.6) is 0 Å². The molecule has 0 spiro atoms. The zero-order valence-electron chi connectivity index (χ0n) is 17.0. The predicted molar refractivity (Wildman–Crippen MR) is 121 cm³/mol. The van der Waals surface area contributed by atoms with Crippen LogP contribution in [-0.2, 0) is 0 Å². The van der Waals surface area contributed by atoms with E-state index in [-0.39, 0.29) is 0 Å². The number of carbonyl (C=O) groups is 2. The molecule has 4 nitrogen and oxygen atoms in total. The number of nitrogens with zero attached hydrogens (tertiary/aromatic N) is 2. The molecule has 6 heteroatoms. The fourth-order valence-electron chi connectivity index (χ4n) is 3.00. The zero-order chi connectivity index (χ0) is 21.9. The van der Waals surface area contributed by atoms with E-state index in [9.17, 15) is 9.59 Å². The number of hydrogen-bond donors (Lipinski definition) is 0.